The molecule has 5 nitrogen and oxygen atoms in total. The Kier molecular flexibility index (Phi) is 5.07. The summed E-state index contributed by atoms with van der Waals surface area (Å²) in [7, 11) is 0. The van der Waals surface area contributed by atoms with Crippen molar-refractivity contribution < 1.29 is 5.11 Å². The summed E-state index contributed by atoms with van der Waals surface area (Å²) in [4.78, 5) is 15.7. The van der Waals surface area contributed by atoms with Gasteiger partial charge in [-0.2, -0.15) is 0 Å². The van der Waals surface area contributed by atoms with E-state index in [-0.39, 0.29) is 6.04 Å². The maximum atomic E-state index is 10.7. The number of anilines is 1. The van der Waals surface area contributed by atoms with Crippen molar-refractivity contribution in [2.45, 2.75) is 44.2 Å². The van der Waals surface area contributed by atoms with Gasteiger partial charge in [-0.3, -0.25) is 4.98 Å². The topological polar surface area (TPSA) is 62.1 Å². The lowest BCUT2D eigenvalue weighted by Crippen LogP contribution is -2.36. The van der Waals surface area contributed by atoms with Crippen molar-refractivity contribution in [3.05, 3.63) is 60.4 Å². The van der Waals surface area contributed by atoms with Crippen LogP contribution < -0.4 is 4.90 Å². The molecular formula is C21H24N4O. The third-order valence-corrected chi connectivity index (χ3v) is 5.17. The Labute approximate surface area is 153 Å². The van der Waals surface area contributed by atoms with Crippen LogP contribution >= 0.6 is 0 Å². The van der Waals surface area contributed by atoms with E-state index in [1.165, 1.54) is 12.8 Å². The molecule has 2 atom stereocenters. The summed E-state index contributed by atoms with van der Waals surface area (Å²) in [5, 5.41) is 10.7. The molecular weight excluding hydrogens is 324 g/mol. The van der Waals surface area contributed by atoms with E-state index in [4.69, 9.17) is 4.98 Å². The molecule has 0 unspecified atom stereocenters. The molecule has 1 N–H and O–H groups in total. The van der Waals surface area contributed by atoms with Gasteiger partial charge in [0.15, 0.2) is 5.65 Å². The monoisotopic (exact) mass is 348 g/mol. The molecule has 4 rings (SSSR count). The van der Waals surface area contributed by atoms with Crippen molar-refractivity contribution in [1.82, 2.24) is 15.0 Å². The quantitative estimate of drug-likeness (QED) is 0.775. The van der Waals surface area contributed by atoms with Crippen molar-refractivity contribution in [1.29, 1.82) is 0 Å². The molecule has 134 valence electrons. The van der Waals surface area contributed by atoms with Crippen LogP contribution in [0.25, 0.3) is 11.2 Å². The van der Waals surface area contributed by atoms with Crippen molar-refractivity contribution in [3.63, 3.8) is 0 Å². The molecule has 3 heterocycles. The summed E-state index contributed by atoms with van der Waals surface area (Å²) in [6.45, 7) is 0.963. The van der Waals surface area contributed by atoms with Gasteiger partial charge in [0, 0.05) is 25.0 Å². The van der Waals surface area contributed by atoms with Crippen molar-refractivity contribution in [2.75, 3.05) is 11.4 Å². The van der Waals surface area contributed by atoms with E-state index in [9.17, 15) is 5.11 Å². The van der Waals surface area contributed by atoms with E-state index in [0.717, 1.165) is 36.3 Å². The second-order valence-corrected chi connectivity index (χ2v) is 6.93. The summed E-state index contributed by atoms with van der Waals surface area (Å²) in [5.74, 6) is 0.935. The zero-order valence-electron chi connectivity index (χ0n) is 14.8. The Morgan fingerprint density at radius 2 is 1.85 bits per heavy atom. The van der Waals surface area contributed by atoms with Crippen molar-refractivity contribution in [2.24, 2.45) is 0 Å². The molecule has 1 fully saturated rings. The van der Waals surface area contributed by atoms with Crippen LogP contribution in [0.1, 0.15) is 43.8 Å². The van der Waals surface area contributed by atoms with E-state index in [0.29, 0.717) is 12.1 Å². The molecule has 1 aromatic carbocycles. The van der Waals surface area contributed by atoms with Crippen LogP contribution in [0.3, 0.4) is 0 Å². The number of hydrogen-bond acceptors (Lipinski definition) is 5. The van der Waals surface area contributed by atoms with Gasteiger partial charge in [0.2, 0.25) is 0 Å². The second kappa shape index (κ2) is 7.79. The second-order valence-electron chi connectivity index (χ2n) is 6.93. The van der Waals surface area contributed by atoms with E-state index >= 15 is 0 Å². The van der Waals surface area contributed by atoms with Gasteiger partial charge in [-0.15, -0.1) is 0 Å². The molecule has 0 radical (unpaired) electrons. The number of fused-ring (bicyclic) bond motifs is 1. The first-order chi connectivity index (χ1) is 12.8. The van der Waals surface area contributed by atoms with Gasteiger partial charge in [-0.25, -0.2) is 9.97 Å². The average Bonchev–Trinajstić information content (AvgIpc) is 2.93. The van der Waals surface area contributed by atoms with E-state index in [1.54, 1.807) is 12.4 Å². The lowest BCUT2D eigenvalue weighted by atomic mass is 9.98. The third kappa shape index (κ3) is 3.68. The van der Waals surface area contributed by atoms with Crippen LogP contribution in [0.15, 0.2) is 54.9 Å². The standard InChI is InChI=1S/C21H24N4O/c26-19(16-7-3-1-4-8-16)15-17-9-5-2-6-14-25(17)20-11-10-18-21(24-20)23-13-12-22-18/h1,3-4,7-8,10-13,17,19,26H,2,5-6,9,14-15H2/t17-,19+/m1/s1. The first-order valence-corrected chi connectivity index (χ1v) is 9.39. The molecule has 2 aromatic heterocycles. The summed E-state index contributed by atoms with van der Waals surface area (Å²) < 4.78 is 0. The molecule has 5 heteroatoms. The van der Waals surface area contributed by atoms with E-state index in [1.807, 2.05) is 42.5 Å². The van der Waals surface area contributed by atoms with Gasteiger partial charge in [0.1, 0.15) is 11.3 Å². The number of hydrogen-bond donors (Lipinski definition) is 1. The highest BCUT2D eigenvalue weighted by molar-refractivity contribution is 5.71. The van der Waals surface area contributed by atoms with Crippen LogP contribution in [-0.4, -0.2) is 32.6 Å². The third-order valence-electron chi connectivity index (χ3n) is 5.17. The first-order valence-electron chi connectivity index (χ1n) is 9.39. The fourth-order valence-corrected chi connectivity index (χ4v) is 3.80. The maximum absolute atomic E-state index is 10.7. The van der Waals surface area contributed by atoms with E-state index in [2.05, 4.69) is 14.9 Å². The highest BCUT2D eigenvalue weighted by Crippen LogP contribution is 2.29. The molecule has 26 heavy (non-hydrogen) atoms. The van der Waals surface area contributed by atoms with Crippen LogP contribution in [0.4, 0.5) is 5.82 Å². The highest BCUT2D eigenvalue weighted by Gasteiger charge is 2.25. The van der Waals surface area contributed by atoms with Gasteiger partial charge in [0.05, 0.1) is 6.10 Å². The fourth-order valence-electron chi connectivity index (χ4n) is 3.80. The van der Waals surface area contributed by atoms with Gasteiger partial charge in [-0.05, 0) is 37.0 Å². The van der Waals surface area contributed by atoms with Crippen LogP contribution in [-0.2, 0) is 0 Å². The fraction of sp³-hybridized carbons (Fsp3) is 0.381. The number of pyridine rings is 1. The minimum absolute atomic E-state index is 0.273. The molecule has 1 aliphatic rings. The Bertz CT molecular complexity index is 855. The van der Waals surface area contributed by atoms with Gasteiger partial charge in [-0.1, -0.05) is 43.2 Å². The maximum Gasteiger partial charge on any atom is 0.180 e. The first kappa shape index (κ1) is 16.9. The Hall–Kier alpha value is -2.53. The number of aromatic nitrogens is 3. The smallest absolute Gasteiger partial charge is 0.180 e. The van der Waals surface area contributed by atoms with Crippen molar-refractivity contribution >= 4 is 17.0 Å². The number of benzene rings is 1. The number of aliphatic hydroxyl groups excluding tert-OH is 1. The Morgan fingerprint density at radius 1 is 1.00 bits per heavy atom. The molecule has 0 bridgehead atoms. The molecule has 0 saturated carbocycles. The molecule has 0 aliphatic carbocycles. The average molecular weight is 348 g/mol. The highest BCUT2D eigenvalue weighted by atomic mass is 16.3. The normalized spacial score (nSPS) is 19.3. The van der Waals surface area contributed by atoms with Crippen LogP contribution in [0, 0.1) is 0 Å². The van der Waals surface area contributed by atoms with Crippen molar-refractivity contribution in [3.8, 4) is 0 Å². The number of nitrogens with zero attached hydrogens (tertiary/aromatic N) is 4. The van der Waals surface area contributed by atoms with Gasteiger partial charge >= 0.3 is 0 Å². The Morgan fingerprint density at radius 3 is 2.73 bits per heavy atom. The lowest BCUT2D eigenvalue weighted by molar-refractivity contribution is 0.155. The Balaban J connectivity index is 1.60. The molecule has 1 saturated heterocycles. The van der Waals surface area contributed by atoms with Crippen LogP contribution in [0.2, 0.25) is 0 Å². The largest absolute Gasteiger partial charge is 0.388 e. The van der Waals surface area contributed by atoms with Crippen LogP contribution in [0.5, 0.6) is 0 Å². The molecule has 0 spiro atoms. The molecule has 0 amide bonds. The molecule has 3 aromatic rings. The summed E-state index contributed by atoms with van der Waals surface area (Å²) in [6, 6.07) is 14.2. The minimum atomic E-state index is -0.456. The van der Waals surface area contributed by atoms with Gasteiger partial charge in [0.25, 0.3) is 0 Å². The number of aliphatic hydroxyl groups is 1. The summed E-state index contributed by atoms with van der Waals surface area (Å²) in [5.41, 5.74) is 2.47. The van der Waals surface area contributed by atoms with Gasteiger partial charge < -0.3 is 10.0 Å². The summed E-state index contributed by atoms with van der Waals surface area (Å²) in [6.07, 6.45) is 8.26. The SMILES string of the molecule is O[C@@H](C[C@H]1CCCCCN1c1ccc2nccnc2n1)c1ccccc1. The number of rotatable bonds is 4. The zero-order valence-corrected chi connectivity index (χ0v) is 14.8. The zero-order chi connectivity index (χ0) is 17.8. The minimum Gasteiger partial charge on any atom is -0.388 e. The predicted octanol–water partition coefficient (Wildman–Crippen LogP) is 3.90. The summed E-state index contributed by atoms with van der Waals surface area (Å²) >= 11 is 0. The lowest BCUT2D eigenvalue weighted by Gasteiger charge is -2.32. The molecule has 1 aliphatic heterocycles. The predicted molar refractivity (Wildman–Crippen MR) is 103 cm³/mol. The van der Waals surface area contributed by atoms with E-state index < -0.39 is 6.10 Å².